The molecule has 11 aromatic rings. The molecule has 4 aromatic heterocycles. The number of hydrogen-bond donors (Lipinski definition) is 0. The van der Waals surface area contributed by atoms with Gasteiger partial charge in [-0.2, -0.15) is 0 Å². The molecule has 6 nitrogen and oxygen atoms in total. The van der Waals surface area contributed by atoms with Crippen LogP contribution in [0.25, 0.3) is 111 Å². The molecule has 0 atom stereocenters. The molecule has 11 rings (SSSR count). The first-order valence-corrected chi connectivity index (χ1v) is 17.9. The van der Waals surface area contributed by atoms with Crippen molar-refractivity contribution in [2.75, 3.05) is 0 Å². The van der Waals surface area contributed by atoms with Gasteiger partial charge in [-0.05, 0) is 58.5 Å². The molecule has 0 aliphatic carbocycles. The average molecular weight is 693 g/mol. The molecule has 4 heterocycles. The summed E-state index contributed by atoms with van der Waals surface area (Å²) >= 11 is 0. The minimum Gasteiger partial charge on any atom is -0.456 e. The van der Waals surface area contributed by atoms with Crippen molar-refractivity contribution >= 4 is 54.6 Å². The van der Waals surface area contributed by atoms with Crippen molar-refractivity contribution in [2.45, 2.75) is 0 Å². The number of nitrogens with zero attached hydrogens (tertiary/aromatic N) is 4. The van der Waals surface area contributed by atoms with Crippen molar-refractivity contribution in [1.82, 2.24) is 19.9 Å². The summed E-state index contributed by atoms with van der Waals surface area (Å²) in [6, 6.07) is 53.6. The number of benzene rings is 7. The summed E-state index contributed by atoms with van der Waals surface area (Å²) in [4.78, 5) is 20.0. The van der Waals surface area contributed by atoms with Crippen LogP contribution in [0, 0.1) is 0 Å². The van der Waals surface area contributed by atoms with Crippen molar-refractivity contribution in [3.63, 3.8) is 0 Å². The summed E-state index contributed by atoms with van der Waals surface area (Å²) in [5, 5.41) is 6.16. The molecule has 0 radical (unpaired) electrons. The lowest BCUT2D eigenvalue weighted by Gasteiger charge is -2.14. The van der Waals surface area contributed by atoms with Crippen molar-refractivity contribution < 1.29 is 8.83 Å². The SMILES string of the molecule is c1ccc(-c2nc(-c3ccccc3-c3ccc(-c4ccccc4)c4oc5cc6ccncc6cc5c34)nc(-c3cccc4oc5ccccc5c34)n2)cc1. The Morgan fingerprint density at radius 1 is 0.370 bits per heavy atom. The highest BCUT2D eigenvalue weighted by Gasteiger charge is 2.22. The third-order valence-corrected chi connectivity index (χ3v) is 10.2. The fourth-order valence-electron chi connectivity index (χ4n) is 7.74. The number of para-hydroxylation sites is 1. The molecule has 0 aliphatic rings. The van der Waals surface area contributed by atoms with E-state index in [2.05, 4.69) is 83.8 Å². The van der Waals surface area contributed by atoms with E-state index in [1.54, 1.807) is 0 Å². The second kappa shape index (κ2) is 12.1. The minimum absolute atomic E-state index is 0.571. The molecule has 0 aliphatic heterocycles. The first kappa shape index (κ1) is 30.2. The number of hydrogen-bond acceptors (Lipinski definition) is 6. The Balaban J connectivity index is 1.19. The monoisotopic (exact) mass is 692 g/mol. The molecule has 0 amide bonds. The summed E-state index contributed by atoms with van der Waals surface area (Å²) < 4.78 is 13.1. The molecule has 0 bridgehead atoms. The fourth-order valence-corrected chi connectivity index (χ4v) is 7.74. The van der Waals surface area contributed by atoms with E-state index in [1.807, 2.05) is 91.3 Å². The quantitative estimate of drug-likeness (QED) is 0.179. The first-order valence-electron chi connectivity index (χ1n) is 17.9. The zero-order chi connectivity index (χ0) is 35.6. The third-order valence-electron chi connectivity index (χ3n) is 10.2. The van der Waals surface area contributed by atoms with Crippen LogP contribution in [0.2, 0.25) is 0 Å². The van der Waals surface area contributed by atoms with Gasteiger partial charge in [0.2, 0.25) is 0 Å². The van der Waals surface area contributed by atoms with Gasteiger partial charge in [-0.15, -0.1) is 0 Å². The number of rotatable bonds is 5. The molecule has 6 heteroatoms. The smallest absolute Gasteiger partial charge is 0.164 e. The highest BCUT2D eigenvalue weighted by atomic mass is 16.3. The lowest BCUT2D eigenvalue weighted by Crippen LogP contribution is -2.01. The maximum absolute atomic E-state index is 6.81. The van der Waals surface area contributed by atoms with E-state index in [0.29, 0.717) is 17.5 Å². The van der Waals surface area contributed by atoms with E-state index in [0.717, 1.165) is 93.6 Å². The van der Waals surface area contributed by atoms with Gasteiger partial charge in [0.05, 0.1) is 0 Å². The topological polar surface area (TPSA) is 77.8 Å². The van der Waals surface area contributed by atoms with Gasteiger partial charge in [-0.1, -0.05) is 121 Å². The molecule has 0 unspecified atom stereocenters. The van der Waals surface area contributed by atoms with Crippen molar-refractivity contribution in [3.8, 4) is 56.4 Å². The molecular formula is C48H28N4O2. The van der Waals surface area contributed by atoms with E-state index in [4.69, 9.17) is 23.8 Å². The van der Waals surface area contributed by atoms with Crippen molar-refractivity contribution in [1.29, 1.82) is 0 Å². The average Bonchev–Trinajstić information content (AvgIpc) is 3.81. The van der Waals surface area contributed by atoms with Crippen molar-refractivity contribution in [2.24, 2.45) is 0 Å². The Bertz CT molecular complexity index is 3220. The van der Waals surface area contributed by atoms with Gasteiger partial charge in [0.1, 0.15) is 22.3 Å². The van der Waals surface area contributed by atoms with Crippen LogP contribution in [-0.4, -0.2) is 19.9 Å². The predicted molar refractivity (Wildman–Crippen MR) is 217 cm³/mol. The lowest BCUT2D eigenvalue weighted by molar-refractivity contribution is 0.669. The maximum Gasteiger partial charge on any atom is 0.164 e. The van der Waals surface area contributed by atoms with Gasteiger partial charge >= 0.3 is 0 Å². The van der Waals surface area contributed by atoms with E-state index in [9.17, 15) is 0 Å². The fraction of sp³-hybridized carbons (Fsp3) is 0. The van der Waals surface area contributed by atoms with E-state index in [-0.39, 0.29) is 0 Å². The van der Waals surface area contributed by atoms with Gasteiger partial charge in [0, 0.05) is 61.6 Å². The standard InChI is InChI=1S/C48H28N4O2/c1-3-12-29(13-4-1)33-22-23-35(44-39-26-32-28-49-25-24-31(32)27-42(39)54-45(33)44)34-16-7-8-17-36(34)47-50-46(30-14-5-2-6-15-30)51-48(52-47)38-19-11-21-41-43(38)37-18-9-10-20-40(37)53-41/h1-28H. The van der Waals surface area contributed by atoms with Crippen LogP contribution < -0.4 is 0 Å². The first-order chi connectivity index (χ1) is 26.8. The lowest BCUT2D eigenvalue weighted by atomic mass is 9.91. The highest BCUT2D eigenvalue weighted by Crippen LogP contribution is 2.45. The Morgan fingerprint density at radius 2 is 1.04 bits per heavy atom. The van der Waals surface area contributed by atoms with E-state index in [1.165, 1.54) is 0 Å². The molecule has 7 aromatic carbocycles. The van der Waals surface area contributed by atoms with Gasteiger partial charge in [0.15, 0.2) is 17.5 Å². The van der Waals surface area contributed by atoms with Gasteiger partial charge < -0.3 is 8.83 Å². The summed E-state index contributed by atoms with van der Waals surface area (Å²) in [5.74, 6) is 1.73. The van der Waals surface area contributed by atoms with Crippen LogP contribution in [0.5, 0.6) is 0 Å². The summed E-state index contributed by atoms with van der Waals surface area (Å²) in [6.45, 7) is 0. The predicted octanol–water partition coefficient (Wildman–Crippen LogP) is 12.6. The van der Waals surface area contributed by atoms with Crippen molar-refractivity contribution in [3.05, 3.63) is 170 Å². The molecule has 252 valence electrons. The molecule has 0 saturated carbocycles. The second-order valence-electron chi connectivity index (χ2n) is 13.4. The van der Waals surface area contributed by atoms with E-state index >= 15 is 0 Å². The van der Waals surface area contributed by atoms with Crippen LogP contribution in [0.4, 0.5) is 0 Å². The Kier molecular flexibility index (Phi) is 6.75. The zero-order valence-corrected chi connectivity index (χ0v) is 28.8. The number of furan rings is 2. The number of fused-ring (bicyclic) bond motifs is 7. The Morgan fingerprint density at radius 3 is 1.89 bits per heavy atom. The molecule has 0 spiro atoms. The third kappa shape index (κ3) is 4.81. The second-order valence-corrected chi connectivity index (χ2v) is 13.4. The number of aromatic nitrogens is 4. The molecular weight excluding hydrogens is 665 g/mol. The van der Waals surface area contributed by atoms with Gasteiger partial charge in [0.25, 0.3) is 0 Å². The van der Waals surface area contributed by atoms with Crippen LogP contribution in [0.15, 0.2) is 179 Å². The molecule has 54 heavy (non-hydrogen) atoms. The maximum atomic E-state index is 6.81. The van der Waals surface area contributed by atoms with Crippen LogP contribution in [0.1, 0.15) is 0 Å². The highest BCUT2D eigenvalue weighted by molar-refractivity contribution is 6.19. The van der Waals surface area contributed by atoms with Crippen LogP contribution in [-0.2, 0) is 0 Å². The largest absolute Gasteiger partial charge is 0.456 e. The van der Waals surface area contributed by atoms with Crippen LogP contribution in [0.3, 0.4) is 0 Å². The summed E-state index contributed by atoms with van der Waals surface area (Å²) in [5.41, 5.74) is 10.0. The molecule has 0 saturated heterocycles. The normalized spacial score (nSPS) is 11.7. The van der Waals surface area contributed by atoms with Gasteiger partial charge in [-0.25, -0.2) is 15.0 Å². The summed E-state index contributed by atoms with van der Waals surface area (Å²) in [7, 11) is 0. The van der Waals surface area contributed by atoms with Crippen LogP contribution >= 0.6 is 0 Å². The summed E-state index contributed by atoms with van der Waals surface area (Å²) in [6.07, 6.45) is 3.72. The number of pyridine rings is 1. The van der Waals surface area contributed by atoms with E-state index < -0.39 is 0 Å². The minimum atomic E-state index is 0.571. The molecule has 0 N–H and O–H groups in total. The van der Waals surface area contributed by atoms with Gasteiger partial charge in [-0.3, -0.25) is 4.98 Å². The molecule has 0 fully saturated rings. The Labute approximate surface area is 309 Å². The zero-order valence-electron chi connectivity index (χ0n) is 28.8. The Hall–Kier alpha value is -7.44.